The summed E-state index contributed by atoms with van der Waals surface area (Å²) in [5.41, 5.74) is -0.391. The van der Waals surface area contributed by atoms with E-state index in [1.807, 2.05) is 0 Å². The van der Waals surface area contributed by atoms with Crippen molar-refractivity contribution in [3.05, 3.63) is 0 Å². The zero-order chi connectivity index (χ0) is 11.5. The summed E-state index contributed by atoms with van der Waals surface area (Å²) in [7, 11) is 0. The van der Waals surface area contributed by atoms with Crippen LogP contribution in [0.3, 0.4) is 0 Å². The minimum Gasteiger partial charge on any atom is -0.481 e. The molecule has 0 amide bonds. The lowest BCUT2D eigenvalue weighted by atomic mass is 10.0. The average Bonchev–Trinajstić information content (AvgIpc) is 2.76. The maximum atomic E-state index is 11.7. The van der Waals surface area contributed by atoms with E-state index in [1.54, 1.807) is 0 Å². The van der Waals surface area contributed by atoms with Gasteiger partial charge >= 0.3 is 12.1 Å². The van der Waals surface area contributed by atoms with E-state index in [0.29, 0.717) is 0 Å². The van der Waals surface area contributed by atoms with Gasteiger partial charge in [0, 0.05) is 5.41 Å². The van der Waals surface area contributed by atoms with Gasteiger partial charge in [-0.15, -0.1) is 0 Å². The maximum absolute atomic E-state index is 11.7. The van der Waals surface area contributed by atoms with Gasteiger partial charge in [-0.05, 0) is 12.8 Å². The first-order chi connectivity index (χ1) is 6.83. The molecule has 0 aromatic heterocycles. The quantitative estimate of drug-likeness (QED) is 0.706. The zero-order valence-electron chi connectivity index (χ0n) is 8.14. The molecule has 1 aliphatic rings. The molecule has 1 fully saturated rings. The molecule has 1 aliphatic carbocycles. The van der Waals surface area contributed by atoms with Crippen LogP contribution in [-0.2, 0) is 9.53 Å². The lowest BCUT2D eigenvalue weighted by Gasteiger charge is -2.13. The minimum absolute atomic E-state index is 0.0149. The Morgan fingerprint density at radius 3 is 2.40 bits per heavy atom. The Hall–Kier alpha value is -0.780. The highest BCUT2D eigenvalue weighted by Gasteiger charge is 2.44. The molecule has 0 radical (unpaired) electrons. The van der Waals surface area contributed by atoms with Crippen molar-refractivity contribution < 1.29 is 27.8 Å². The van der Waals surface area contributed by atoms with Crippen LogP contribution in [0, 0.1) is 5.41 Å². The van der Waals surface area contributed by atoms with Crippen LogP contribution in [0.25, 0.3) is 0 Å². The van der Waals surface area contributed by atoms with Crippen molar-refractivity contribution >= 4 is 5.97 Å². The summed E-state index contributed by atoms with van der Waals surface area (Å²) in [5.74, 6) is -0.924. The highest BCUT2D eigenvalue weighted by atomic mass is 19.4. The van der Waals surface area contributed by atoms with Gasteiger partial charge in [-0.25, -0.2) is 0 Å². The molecule has 0 aromatic carbocycles. The van der Waals surface area contributed by atoms with Crippen molar-refractivity contribution in [1.29, 1.82) is 0 Å². The van der Waals surface area contributed by atoms with Crippen LogP contribution in [0.4, 0.5) is 13.2 Å². The topological polar surface area (TPSA) is 46.5 Å². The molecule has 1 rings (SSSR count). The largest absolute Gasteiger partial charge is 0.481 e. The average molecular weight is 226 g/mol. The van der Waals surface area contributed by atoms with Gasteiger partial charge in [-0.1, -0.05) is 0 Å². The fourth-order valence-corrected chi connectivity index (χ4v) is 1.35. The number of carboxylic acid groups (broad SMARTS) is 1. The second-order valence-electron chi connectivity index (χ2n) is 3.99. The molecule has 0 saturated heterocycles. The number of ether oxygens (including phenoxy) is 1. The van der Waals surface area contributed by atoms with Crippen molar-refractivity contribution in [2.45, 2.75) is 31.9 Å². The number of carbonyl (C=O) groups is 1. The maximum Gasteiger partial charge on any atom is 0.391 e. The van der Waals surface area contributed by atoms with Crippen LogP contribution in [0.1, 0.15) is 25.7 Å². The Morgan fingerprint density at radius 2 is 2.00 bits per heavy atom. The van der Waals surface area contributed by atoms with Crippen LogP contribution >= 0.6 is 0 Å². The molecule has 0 spiro atoms. The van der Waals surface area contributed by atoms with E-state index in [4.69, 9.17) is 9.84 Å². The number of halogens is 3. The van der Waals surface area contributed by atoms with Gasteiger partial charge in [-0.2, -0.15) is 13.2 Å². The molecular formula is C9H13F3O3. The second kappa shape index (κ2) is 4.38. The van der Waals surface area contributed by atoms with Gasteiger partial charge in [0.05, 0.1) is 26.1 Å². The third-order valence-electron chi connectivity index (χ3n) is 2.42. The Morgan fingerprint density at radius 1 is 1.40 bits per heavy atom. The fraction of sp³-hybridized carbons (Fsp3) is 0.889. The summed E-state index contributed by atoms with van der Waals surface area (Å²) in [6.45, 7) is -0.264. The van der Waals surface area contributed by atoms with Crippen LogP contribution in [0.2, 0.25) is 0 Å². The third kappa shape index (κ3) is 5.01. The molecular weight excluding hydrogens is 213 g/mol. The molecule has 15 heavy (non-hydrogen) atoms. The third-order valence-corrected chi connectivity index (χ3v) is 2.42. The summed E-state index contributed by atoms with van der Waals surface area (Å²) in [6.07, 6.45) is -3.74. The molecule has 0 atom stereocenters. The summed E-state index contributed by atoms with van der Waals surface area (Å²) < 4.78 is 40.0. The smallest absolute Gasteiger partial charge is 0.391 e. The van der Waals surface area contributed by atoms with Crippen molar-refractivity contribution in [2.75, 3.05) is 13.2 Å². The Balaban J connectivity index is 2.12. The molecule has 0 unspecified atom stereocenters. The molecule has 0 bridgehead atoms. The summed E-state index contributed by atoms with van der Waals surface area (Å²) in [6, 6.07) is 0. The van der Waals surface area contributed by atoms with Gasteiger partial charge in [0.15, 0.2) is 0 Å². The summed E-state index contributed by atoms with van der Waals surface area (Å²) in [5, 5.41) is 8.54. The normalized spacial score (nSPS) is 18.9. The van der Waals surface area contributed by atoms with Crippen molar-refractivity contribution in [3.63, 3.8) is 0 Å². The van der Waals surface area contributed by atoms with E-state index in [9.17, 15) is 18.0 Å². The van der Waals surface area contributed by atoms with E-state index >= 15 is 0 Å². The minimum atomic E-state index is -4.20. The van der Waals surface area contributed by atoms with Gasteiger partial charge < -0.3 is 9.84 Å². The van der Waals surface area contributed by atoms with Crippen LogP contribution < -0.4 is 0 Å². The van der Waals surface area contributed by atoms with Crippen molar-refractivity contribution in [1.82, 2.24) is 0 Å². The monoisotopic (exact) mass is 226 g/mol. The highest BCUT2D eigenvalue weighted by molar-refractivity contribution is 5.68. The molecule has 88 valence electrons. The second-order valence-corrected chi connectivity index (χ2v) is 3.99. The molecule has 0 aliphatic heterocycles. The fourth-order valence-electron chi connectivity index (χ4n) is 1.35. The van der Waals surface area contributed by atoms with Crippen LogP contribution in [0.5, 0.6) is 0 Å². The Bertz CT molecular complexity index is 233. The molecule has 6 heteroatoms. The van der Waals surface area contributed by atoms with Crippen molar-refractivity contribution in [3.8, 4) is 0 Å². The number of aliphatic carboxylic acids is 1. The number of hydrogen-bond donors (Lipinski definition) is 1. The lowest BCUT2D eigenvalue weighted by Crippen LogP contribution is -2.18. The predicted octanol–water partition coefficient (Wildman–Crippen LogP) is 2.21. The number of alkyl halides is 3. The van der Waals surface area contributed by atoms with E-state index in [2.05, 4.69) is 0 Å². The van der Waals surface area contributed by atoms with E-state index in [-0.39, 0.29) is 19.6 Å². The van der Waals surface area contributed by atoms with Crippen LogP contribution in [0.15, 0.2) is 0 Å². The standard InChI is InChI=1S/C9H13F3O3/c10-9(11,12)3-4-15-6-8(1-2-8)5-7(13)14/h1-6H2,(H,13,14). The summed E-state index contributed by atoms with van der Waals surface area (Å²) >= 11 is 0. The van der Waals surface area contributed by atoms with E-state index in [0.717, 1.165) is 12.8 Å². The Kier molecular flexibility index (Phi) is 3.59. The lowest BCUT2D eigenvalue weighted by molar-refractivity contribution is -0.148. The summed E-state index contributed by atoms with van der Waals surface area (Å²) in [4.78, 5) is 10.4. The zero-order valence-corrected chi connectivity index (χ0v) is 8.14. The van der Waals surface area contributed by atoms with E-state index in [1.165, 1.54) is 0 Å². The van der Waals surface area contributed by atoms with Crippen molar-refractivity contribution in [2.24, 2.45) is 5.41 Å². The first-order valence-corrected chi connectivity index (χ1v) is 4.69. The number of rotatable bonds is 6. The molecule has 3 nitrogen and oxygen atoms in total. The number of hydrogen-bond acceptors (Lipinski definition) is 2. The van der Waals surface area contributed by atoms with E-state index < -0.39 is 24.0 Å². The van der Waals surface area contributed by atoms with Crippen LogP contribution in [-0.4, -0.2) is 30.5 Å². The predicted molar refractivity (Wildman–Crippen MR) is 45.4 cm³/mol. The highest BCUT2D eigenvalue weighted by Crippen LogP contribution is 2.49. The van der Waals surface area contributed by atoms with Gasteiger partial charge in [-0.3, -0.25) is 4.79 Å². The van der Waals surface area contributed by atoms with Gasteiger partial charge in [0.25, 0.3) is 0 Å². The first-order valence-electron chi connectivity index (χ1n) is 4.69. The van der Waals surface area contributed by atoms with Gasteiger partial charge in [0.2, 0.25) is 0 Å². The molecule has 0 aromatic rings. The molecule has 1 saturated carbocycles. The SMILES string of the molecule is O=C(O)CC1(COCCC(F)(F)F)CC1. The molecule has 1 N–H and O–H groups in total. The Labute approximate surface area is 85.2 Å². The first kappa shape index (κ1) is 12.3. The van der Waals surface area contributed by atoms with Gasteiger partial charge in [0.1, 0.15) is 0 Å². The molecule has 0 heterocycles. The number of carboxylic acids is 1.